The molecule has 1 aliphatic rings. The predicted octanol–water partition coefficient (Wildman–Crippen LogP) is 0.981. The molecule has 3 amide bonds. The van der Waals surface area contributed by atoms with Crippen LogP contribution in [0, 0.1) is 6.92 Å². The Hall–Kier alpha value is -4.08. The molecule has 3 N–H and O–H groups in total. The van der Waals surface area contributed by atoms with Crippen LogP contribution in [0.25, 0.3) is 0 Å². The highest BCUT2D eigenvalue weighted by atomic mass is 16.2. The summed E-state index contributed by atoms with van der Waals surface area (Å²) in [4.78, 5) is 45.6. The number of pyridine rings is 1. The summed E-state index contributed by atoms with van der Waals surface area (Å²) < 4.78 is 1.76. The molecule has 164 valence electrons. The van der Waals surface area contributed by atoms with Gasteiger partial charge in [0.05, 0.1) is 18.8 Å². The third kappa shape index (κ3) is 5.15. The van der Waals surface area contributed by atoms with Crippen molar-refractivity contribution >= 4 is 23.4 Å². The number of nitrogens with zero attached hydrogens (tertiary/aromatic N) is 4. The van der Waals surface area contributed by atoms with Gasteiger partial charge in [0.2, 0.25) is 0 Å². The minimum Gasteiger partial charge on any atom is -0.346 e. The maximum Gasteiger partial charge on any atom is 0.313 e. The SMILES string of the molecule is Cc1nc2n(n1)CC(NC(=O)C(=O)Nc1cccc(C(=O)NCc3ccccn3)c1)CC2. The monoisotopic (exact) mass is 433 g/mol. The van der Waals surface area contributed by atoms with Gasteiger partial charge in [0.15, 0.2) is 0 Å². The van der Waals surface area contributed by atoms with Crippen LogP contribution in [0.5, 0.6) is 0 Å². The van der Waals surface area contributed by atoms with E-state index in [1.54, 1.807) is 35.1 Å². The molecule has 0 aliphatic carbocycles. The van der Waals surface area contributed by atoms with Gasteiger partial charge in [-0.2, -0.15) is 5.10 Å². The van der Waals surface area contributed by atoms with E-state index in [2.05, 4.69) is 31.0 Å². The predicted molar refractivity (Wildman–Crippen MR) is 115 cm³/mol. The molecule has 1 unspecified atom stereocenters. The Morgan fingerprint density at radius 3 is 2.81 bits per heavy atom. The third-order valence-corrected chi connectivity index (χ3v) is 5.04. The van der Waals surface area contributed by atoms with E-state index in [9.17, 15) is 14.4 Å². The van der Waals surface area contributed by atoms with Crippen LogP contribution in [0.2, 0.25) is 0 Å². The number of carbonyl (C=O) groups excluding carboxylic acids is 3. The number of carbonyl (C=O) groups is 3. The van der Waals surface area contributed by atoms with Crippen molar-refractivity contribution in [1.82, 2.24) is 30.4 Å². The topological polar surface area (TPSA) is 131 Å². The van der Waals surface area contributed by atoms with Crippen molar-refractivity contribution in [2.24, 2.45) is 0 Å². The number of amides is 3. The van der Waals surface area contributed by atoms with Crippen LogP contribution < -0.4 is 16.0 Å². The molecule has 0 spiro atoms. The van der Waals surface area contributed by atoms with Crippen molar-refractivity contribution in [2.75, 3.05) is 5.32 Å². The fourth-order valence-electron chi connectivity index (χ4n) is 3.50. The summed E-state index contributed by atoms with van der Waals surface area (Å²) in [6.45, 7) is 2.58. The zero-order valence-corrected chi connectivity index (χ0v) is 17.5. The zero-order chi connectivity index (χ0) is 22.5. The minimum absolute atomic E-state index is 0.203. The summed E-state index contributed by atoms with van der Waals surface area (Å²) in [6.07, 6.45) is 3.02. The van der Waals surface area contributed by atoms with Crippen molar-refractivity contribution < 1.29 is 14.4 Å². The van der Waals surface area contributed by atoms with E-state index in [1.165, 1.54) is 6.07 Å². The lowest BCUT2D eigenvalue weighted by Gasteiger charge is -2.23. The number of hydrogen-bond donors (Lipinski definition) is 3. The van der Waals surface area contributed by atoms with Gasteiger partial charge in [0.1, 0.15) is 11.6 Å². The van der Waals surface area contributed by atoms with Crippen LogP contribution in [0.1, 0.15) is 34.1 Å². The first kappa shape index (κ1) is 21.2. The first-order chi connectivity index (χ1) is 15.5. The Labute approximate surface area is 184 Å². The molecule has 32 heavy (non-hydrogen) atoms. The second-order valence-corrected chi connectivity index (χ2v) is 7.51. The minimum atomic E-state index is -0.795. The standard InChI is InChI=1S/C22H23N7O3/c1-14-25-19-9-8-18(13-29(19)28-14)27-22(32)21(31)26-16-7-4-5-15(11-16)20(30)24-12-17-6-2-3-10-23-17/h2-7,10-11,18H,8-9,12-13H2,1H3,(H,24,30)(H,26,31)(H,27,32). The highest BCUT2D eigenvalue weighted by Gasteiger charge is 2.25. The first-order valence-corrected chi connectivity index (χ1v) is 10.3. The van der Waals surface area contributed by atoms with Gasteiger partial charge in [-0.25, -0.2) is 9.67 Å². The Bertz CT molecular complexity index is 1140. The van der Waals surface area contributed by atoms with E-state index in [1.807, 2.05) is 19.1 Å². The number of fused-ring (bicyclic) bond motifs is 1. The zero-order valence-electron chi connectivity index (χ0n) is 17.5. The highest BCUT2D eigenvalue weighted by molar-refractivity contribution is 6.39. The number of anilines is 1. The van der Waals surface area contributed by atoms with Gasteiger partial charge in [0, 0.05) is 29.9 Å². The van der Waals surface area contributed by atoms with Gasteiger partial charge < -0.3 is 16.0 Å². The molecule has 10 nitrogen and oxygen atoms in total. The summed E-state index contributed by atoms with van der Waals surface area (Å²) in [5.74, 6) is -0.265. The number of nitrogens with one attached hydrogen (secondary N) is 3. The molecular weight excluding hydrogens is 410 g/mol. The second kappa shape index (κ2) is 9.38. The largest absolute Gasteiger partial charge is 0.346 e. The normalized spacial score (nSPS) is 14.8. The Morgan fingerprint density at radius 2 is 2.00 bits per heavy atom. The second-order valence-electron chi connectivity index (χ2n) is 7.51. The van der Waals surface area contributed by atoms with Gasteiger partial charge in [-0.3, -0.25) is 19.4 Å². The van der Waals surface area contributed by atoms with Crippen molar-refractivity contribution in [3.63, 3.8) is 0 Å². The number of aromatic nitrogens is 4. The Balaban J connectivity index is 1.31. The summed E-state index contributed by atoms with van der Waals surface area (Å²) >= 11 is 0. The van der Waals surface area contributed by atoms with Crippen LogP contribution in [0.15, 0.2) is 48.7 Å². The van der Waals surface area contributed by atoms with Gasteiger partial charge in [0.25, 0.3) is 5.91 Å². The number of rotatable bonds is 5. The van der Waals surface area contributed by atoms with E-state index in [0.717, 1.165) is 11.5 Å². The summed E-state index contributed by atoms with van der Waals surface area (Å²) in [7, 11) is 0. The van der Waals surface area contributed by atoms with Crippen LogP contribution in [0.3, 0.4) is 0 Å². The van der Waals surface area contributed by atoms with Crippen LogP contribution >= 0.6 is 0 Å². The van der Waals surface area contributed by atoms with E-state index in [0.29, 0.717) is 36.5 Å². The van der Waals surface area contributed by atoms with E-state index in [-0.39, 0.29) is 18.5 Å². The smallest absolute Gasteiger partial charge is 0.313 e. The van der Waals surface area contributed by atoms with Gasteiger partial charge in [-0.05, 0) is 43.7 Å². The lowest BCUT2D eigenvalue weighted by molar-refractivity contribution is -0.136. The molecule has 2 aromatic heterocycles. The Morgan fingerprint density at radius 1 is 1.12 bits per heavy atom. The molecule has 0 saturated heterocycles. The first-order valence-electron chi connectivity index (χ1n) is 10.3. The maximum absolute atomic E-state index is 12.4. The van der Waals surface area contributed by atoms with Crippen molar-refractivity contribution in [1.29, 1.82) is 0 Å². The lowest BCUT2D eigenvalue weighted by Crippen LogP contribution is -2.45. The average Bonchev–Trinajstić information content (AvgIpc) is 3.17. The van der Waals surface area contributed by atoms with Crippen molar-refractivity contribution in [2.45, 2.75) is 38.9 Å². The molecule has 3 heterocycles. The van der Waals surface area contributed by atoms with E-state index < -0.39 is 11.8 Å². The summed E-state index contributed by atoms with van der Waals surface area (Å²) in [5, 5.41) is 12.4. The quantitative estimate of drug-likeness (QED) is 0.514. The van der Waals surface area contributed by atoms with Gasteiger partial charge in [-0.15, -0.1) is 0 Å². The molecule has 1 aliphatic heterocycles. The fourth-order valence-corrected chi connectivity index (χ4v) is 3.50. The van der Waals surface area contributed by atoms with Crippen LogP contribution in [0.4, 0.5) is 5.69 Å². The van der Waals surface area contributed by atoms with Crippen LogP contribution in [-0.4, -0.2) is 43.5 Å². The summed E-state index contributed by atoms with van der Waals surface area (Å²) in [5.41, 5.74) is 1.45. The number of aryl methyl sites for hydroxylation is 2. The molecule has 0 saturated carbocycles. The molecule has 4 rings (SSSR count). The van der Waals surface area contributed by atoms with Gasteiger partial charge >= 0.3 is 11.8 Å². The molecule has 1 aromatic carbocycles. The molecule has 1 atom stereocenters. The molecule has 3 aromatic rings. The van der Waals surface area contributed by atoms with Crippen LogP contribution in [-0.2, 0) is 29.1 Å². The number of hydrogen-bond acceptors (Lipinski definition) is 6. The molecule has 0 radical (unpaired) electrons. The molecule has 10 heteroatoms. The van der Waals surface area contributed by atoms with Gasteiger partial charge in [-0.1, -0.05) is 12.1 Å². The van der Waals surface area contributed by atoms with Crippen molar-refractivity contribution in [3.8, 4) is 0 Å². The Kier molecular flexibility index (Phi) is 6.20. The number of benzene rings is 1. The third-order valence-electron chi connectivity index (χ3n) is 5.04. The average molecular weight is 433 g/mol. The highest BCUT2D eigenvalue weighted by Crippen LogP contribution is 2.14. The maximum atomic E-state index is 12.4. The summed E-state index contributed by atoms with van der Waals surface area (Å²) in [6, 6.07) is 11.7. The van der Waals surface area contributed by atoms with Crippen molar-refractivity contribution in [3.05, 3.63) is 71.6 Å². The molecule has 0 fully saturated rings. The molecular formula is C22H23N7O3. The fraction of sp³-hybridized carbons (Fsp3) is 0.273. The van der Waals surface area contributed by atoms with E-state index in [4.69, 9.17) is 0 Å². The lowest BCUT2D eigenvalue weighted by atomic mass is 10.1. The molecule has 0 bridgehead atoms. The van der Waals surface area contributed by atoms with E-state index >= 15 is 0 Å².